The first-order valence-electron chi connectivity index (χ1n) is 14.8. The standard InChI is InChI=1S/C31H39FN4O4S2/c1-3-31(4-2)18-23-15-22(19-37)16-27(29(23)33-20-31)42(39,40)35-25(17-28-34-24-7-5-6-8-26(24)41-28)30(38)36-13-10-21(9-12-32)11-14-36/h5-8,15-16,19,21,25,33,35H,3-4,9-14,17-18,20H2,1-2H3/t25-/m0/s1. The molecule has 0 radical (unpaired) electrons. The molecule has 2 N–H and O–H groups in total. The highest BCUT2D eigenvalue weighted by atomic mass is 32.2. The number of anilines is 1. The number of aromatic nitrogens is 1. The summed E-state index contributed by atoms with van der Waals surface area (Å²) in [6.45, 7) is 5.39. The zero-order valence-corrected chi connectivity index (χ0v) is 25.8. The Morgan fingerprint density at radius 1 is 1.24 bits per heavy atom. The van der Waals surface area contributed by atoms with Gasteiger partial charge in [0.2, 0.25) is 15.9 Å². The summed E-state index contributed by atoms with van der Waals surface area (Å²) in [5.74, 6) is -0.0960. The maximum absolute atomic E-state index is 14.1. The van der Waals surface area contributed by atoms with Crippen molar-refractivity contribution in [3.63, 3.8) is 0 Å². The number of carbonyl (C=O) groups is 2. The van der Waals surface area contributed by atoms with Gasteiger partial charge in [-0.1, -0.05) is 26.0 Å². The average Bonchev–Trinajstić information content (AvgIpc) is 3.42. The fourth-order valence-electron chi connectivity index (χ4n) is 6.24. The summed E-state index contributed by atoms with van der Waals surface area (Å²) >= 11 is 1.44. The van der Waals surface area contributed by atoms with Crippen molar-refractivity contribution in [2.24, 2.45) is 11.3 Å². The van der Waals surface area contributed by atoms with Crippen molar-refractivity contribution in [2.75, 3.05) is 31.6 Å². The average molecular weight is 615 g/mol. The van der Waals surface area contributed by atoms with Gasteiger partial charge in [0.15, 0.2) is 0 Å². The molecule has 1 aromatic heterocycles. The zero-order valence-electron chi connectivity index (χ0n) is 24.2. The van der Waals surface area contributed by atoms with Crippen LogP contribution in [0.3, 0.4) is 0 Å². The second-order valence-electron chi connectivity index (χ2n) is 11.6. The van der Waals surface area contributed by atoms with Gasteiger partial charge in [0.25, 0.3) is 0 Å². The predicted molar refractivity (Wildman–Crippen MR) is 164 cm³/mol. The normalized spacial score (nSPS) is 17.9. The summed E-state index contributed by atoms with van der Waals surface area (Å²) in [6.07, 6.45) is 5.11. The van der Waals surface area contributed by atoms with Gasteiger partial charge in [0, 0.05) is 31.6 Å². The van der Waals surface area contributed by atoms with E-state index in [0.29, 0.717) is 62.3 Å². The van der Waals surface area contributed by atoms with Crippen molar-refractivity contribution in [3.8, 4) is 0 Å². The Kier molecular flexibility index (Phi) is 9.29. The van der Waals surface area contributed by atoms with Gasteiger partial charge in [0.1, 0.15) is 17.2 Å². The molecule has 2 aromatic carbocycles. The molecule has 3 aromatic rings. The highest BCUT2D eigenvalue weighted by Gasteiger charge is 2.37. The third-order valence-electron chi connectivity index (χ3n) is 9.09. The summed E-state index contributed by atoms with van der Waals surface area (Å²) < 4.78 is 44.7. The van der Waals surface area contributed by atoms with E-state index >= 15 is 0 Å². The summed E-state index contributed by atoms with van der Waals surface area (Å²) in [4.78, 5) is 32.1. The number of aldehydes is 1. The van der Waals surface area contributed by atoms with Gasteiger partial charge in [-0.05, 0) is 79.7 Å². The van der Waals surface area contributed by atoms with Crippen molar-refractivity contribution < 1.29 is 22.4 Å². The number of rotatable bonds is 11. The number of fused-ring (bicyclic) bond motifs is 2. The number of piperidine rings is 1. The number of nitrogens with zero attached hydrogens (tertiary/aromatic N) is 2. The van der Waals surface area contributed by atoms with Crippen molar-refractivity contribution in [3.05, 3.63) is 52.5 Å². The van der Waals surface area contributed by atoms with Crippen molar-refractivity contribution in [1.29, 1.82) is 0 Å². The van der Waals surface area contributed by atoms with Crippen LogP contribution in [0.5, 0.6) is 0 Å². The molecule has 0 saturated carbocycles. The highest BCUT2D eigenvalue weighted by Crippen LogP contribution is 2.41. The Bertz CT molecular complexity index is 1510. The Labute approximate surface area is 251 Å². The van der Waals surface area contributed by atoms with Crippen molar-refractivity contribution in [2.45, 2.75) is 69.7 Å². The Balaban J connectivity index is 1.47. The number of amides is 1. The molecule has 1 atom stereocenters. The van der Waals surface area contributed by atoms with E-state index in [2.05, 4.69) is 28.9 Å². The largest absolute Gasteiger partial charge is 0.383 e. The fraction of sp³-hybridized carbons (Fsp3) is 0.516. The Morgan fingerprint density at radius 2 is 1.98 bits per heavy atom. The Hall–Kier alpha value is -2.89. The van der Waals surface area contributed by atoms with Crippen LogP contribution in [-0.4, -0.2) is 62.8 Å². The van der Waals surface area contributed by atoms with Crippen LogP contribution in [0.4, 0.5) is 10.1 Å². The number of sulfonamides is 1. The van der Waals surface area contributed by atoms with Gasteiger partial charge < -0.3 is 10.2 Å². The molecule has 3 heterocycles. The lowest BCUT2D eigenvalue weighted by Gasteiger charge is -2.38. The second kappa shape index (κ2) is 12.8. The van der Waals surface area contributed by atoms with Crippen LogP contribution < -0.4 is 10.0 Å². The zero-order chi connectivity index (χ0) is 29.9. The SMILES string of the molecule is CCC1(CC)CNc2c(cc(C=O)cc2S(=O)(=O)N[C@@H](Cc2nc3ccccc3s2)C(=O)N2CCC(CCF)CC2)C1. The molecular weight excluding hydrogens is 575 g/mol. The molecule has 8 nitrogen and oxygen atoms in total. The highest BCUT2D eigenvalue weighted by molar-refractivity contribution is 7.89. The molecule has 0 bridgehead atoms. The van der Waals surface area contributed by atoms with E-state index in [1.165, 1.54) is 17.4 Å². The lowest BCUT2D eigenvalue weighted by molar-refractivity contribution is -0.134. The molecule has 5 rings (SSSR count). The van der Waals surface area contributed by atoms with E-state index in [1.54, 1.807) is 11.0 Å². The van der Waals surface area contributed by atoms with Crippen molar-refractivity contribution in [1.82, 2.24) is 14.6 Å². The molecule has 0 aliphatic carbocycles. The van der Waals surface area contributed by atoms with Crippen LogP contribution in [0.1, 0.15) is 66.9 Å². The number of benzene rings is 2. The van der Waals surface area contributed by atoms with Gasteiger partial charge >= 0.3 is 0 Å². The first kappa shape index (κ1) is 30.6. The number of carbonyl (C=O) groups excluding carboxylic acids is 2. The molecular formula is C31H39FN4O4S2. The maximum Gasteiger partial charge on any atom is 0.243 e. The van der Waals surface area contributed by atoms with Crippen molar-refractivity contribution >= 4 is 49.5 Å². The lowest BCUT2D eigenvalue weighted by atomic mass is 9.74. The van der Waals surface area contributed by atoms with Crippen LogP contribution in [0.15, 0.2) is 41.3 Å². The Morgan fingerprint density at radius 3 is 2.64 bits per heavy atom. The molecule has 0 spiro atoms. The number of para-hydroxylation sites is 1. The molecule has 11 heteroatoms. The van der Waals surface area contributed by atoms with E-state index in [1.807, 2.05) is 24.3 Å². The van der Waals surface area contributed by atoms with Crippen LogP contribution in [0.25, 0.3) is 10.2 Å². The molecule has 1 amide bonds. The minimum atomic E-state index is -4.23. The molecule has 42 heavy (non-hydrogen) atoms. The number of halogens is 1. The van der Waals surface area contributed by atoms with E-state index in [-0.39, 0.29) is 40.8 Å². The monoisotopic (exact) mass is 614 g/mol. The minimum Gasteiger partial charge on any atom is -0.383 e. The number of nitrogens with one attached hydrogen (secondary N) is 2. The molecule has 1 fully saturated rings. The third-order valence-corrected chi connectivity index (χ3v) is 11.6. The maximum atomic E-state index is 14.1. The topological polar surface area (TPSA) is 108 Å². The molecule has 226 valence electrons. The predicted octanol–water partition coefficient (Wildman–Crippen LogP) is 5.37. The number of likely N-dealkylation sites (tertiary alicyclic amines) is 1. The molecule has 1 saturated heterocycles. The quantitative estimate of drug-likeness (QED) is 0.281. The van der Waals surface area contributed by atoms with E-state index in [0.717, 1.165) is 28.6 Å². The van der Waals surface area contributed by atoms with Crippen LogP contribution >= 0.6 is 11.3 Å². The summed E-state index contributed by atoms with van der Waals surface area (Å²) in [6, 6.07) is 9.70. The van der Waals surface area contributed by atoms with Crippen LogP contribution in [0.2, 0.25) is 0 Å². The van der Waals surface area contributed by atoms with E-state index in [9.17, 15) is 22.4 Å². The van der Waals surface area contributed by atoms with Gasteiger partial charge in [0.05, 0.1) is 27.6 Å². The first-order valence-corrected chi connectivity index (χ1v) is 17.1. The fourth-order valence-corrected chi connectivity index (χ4v) is 8.70. The summed E-state index contributed by atoms with van der Waals surface area (Å²) in [5, 5.41) is 4.01. The van der Waals surface area contributed by atoms with Gasteiger partial charge in [-0.2, -0.15) is 4.72 Å². The van der Waals surface area contributed by atoms with Crippen LogP contribution in [0, 0.1) is 11.3 Å². The third kappa shape index (κ3) is 6.38. The van der Waals surface area contributed by atoms with Gasteiger partial charge in [-0.25, -0.2) is 13.4 Å². The first-order chi connectivity index (χ1) is 20.2. The summed E-state index contributed by atoms with van der Waals surface area (Å²) in [5.41, 5.74) is 2.33. The van der Waals surface area contributed by atoms with Crippen LogP contribution in [-0.2, 0) is 27.7 Å². The molecule has 2 aliphatic heterocycles. The van der Waals surface area contributed by atoms with Gasteiger partial charge in [-0.3, -0.25) is 14.0 Å². The molecule has 2 aliphatic rings. The van der Waals surface area contributed by atoms with E-state index in [4.69, 9.17) is 0 Å². The van der Waals surface area contributed by atoms with Gasteiger partial charge in [-0.15, -0.1) is 11.3 Å². The smallest absolute Gasteiger partial charge is 0.243 e. The number of thiazole rings is 1. The second-order valence-corrected chi connectivity index (χ2v) is 14.4. The number of hydrogen-bond acceptors (Lipinski definition) is 7. The minimum absolute atomic E-state index is 0.0216. The summed E-state index contributed by atoms with van der Waals surface area (Å²) in [7, 11) is -4.23. The number of alkyl halides is 1. The molecule has 0 unspecified atom stereocenters. The van der Waals surface area contributed by atoms with E-state index < -0.39 is 16.1 Å². The number of hydrogen-bond donors (Lipinski definition) is 2. The lowest BCUT2D eigenvalue weighted by Crippen LogP contribution is -2.51.